The number of nitrogens with one attached hydrogen (secondary N) is 1. The normalized spacial score (nSPS) is 41.9. The second-order valence-electron chi connectivity index (χ2n) is 2.49. The molecular weight excluding hydrogens is 136 g/mol. The summed E-state index contributed by atoms with van der Waals surface area (Å²) in [5.41, 5.74) is 5.27. The Bertz CT molecular complexity index is 150. The van der Waals surface area contributed by atoms with Crippen LogP contribution in [0.15, 0.2) is 0 Å². The van der Waals surface area contributed by atoms with Crippen molar-refractivity contribution in [3.63, 3.8) is 0 Å². The van der Waals surface area contributed by atoms with E-state index in [4.69, 9.17) is 10.8 Å². The summed E-state index contributed by atoms with van der Waals surface area (Å²) in [7, 11) is 0. The number of hydrogen-bond donors (Lipinski definition) is 3. The number of hydroxylamine groups is 2. The summed E-state index contributed by atoms with van der Waals surface area (Å²) >= 11 is 0. The molecule has 1 saturated heterocycles. The fraction of sp³-hybridized carbons (Fsp3) is 0.800. The molecule has 5 heteroatoms. The van der Waals surface area contributed by atoms with Crippen LogP contribution in [0.2, 0.25) is 0 Å². The summed E-state index contributed by atoms with van der Waals surface area (Å²) in [6.45, 7) is -0.0399. The molecule has 1 aliphatic rings. The van der Waals surface area contributed by atoms with Crippen molar-refractivity contribution in [1.82, 2.24) is 0 Å². The Morgan fingerprint density at radius 1 is 1.80 bits per heavy atom. The number of Topliss-reactive ketones (excluding diaryl/α,β-unsaturated/α-hetero) is 1. The maximum atomic E-state index is 10.7. The van der Waals surface area contributed by atoms with E-state index in [1.54, 1.807) is 0 Å². The van der Waals surface area contributed by atoms with E-state index in [-0.39, 0.29) is 18.2 Å². The second kappa shape index (κ2) is 2.63. The first kappa shape index (κ1) is 7.62. The van der Waals surface area contributed by atoms with Gasteiger partial charge in [-0.3, -0.25) is 4.79 Å². The molecule has 0 bridgehead atoms. The van der Waals surface area contributed by atoms with Crippen LogP contribution in [0.3, 0.4) is 0 Å². The minimum Gasteiger partial charge on any atom is -0.634 e. The lowest BCUT2D eigenvalue weighted by Crippen LogP contribution is -3.12. The molecule has 0 aliphatic carbocycles. The third-order valence-corrected chi connectivity index (χ3v) is 1.57. The van der Waals surface area contributed by atoms with Crippen LogP contribution in [0.1, 0.15) is 0 Å². The summed E-state index contributed by atoms with van der Waals surface area (Å²) in [6.07, 6.45) is -1.13. The SMILES string of the molecule is N[C@H]1C[NH+]([O-])CC(=O)[C@H]1O. The van der Waals surface area contributed by atoms with Crippen molar-refractivity contribution >= 4 is 5.78 Å². The Morgan fingerprint density at radius 3 is 2.90 bits per heavy atom. The van der Waals surface area contributed by atoms with Crippen LogP contribution in [-0.4, -0.2) is 36.1 Å². The van der Waals surface area contributed by atoms with E-state index in [0.717, 1.165) is 0 Å². The number of piperidine rings is 1. The largest absolute Gasteiger partial charge is 0.634 e. The smallest absolute Gasteiger partial charge is 0.217 e. The summed E-state index contributed by atoms with van der Waals surface area (Å²) < 4.78 is 0. The van der Waals surface area contributed by atoms with Gasteiger partial charge in [-0.1, -0.05) is 0 Å². The number of hydrogen-bond acceptors (Lipinski definition) is 4. The van der Waals surface area contributed by atoms with Crippen molar-refractivity contribution in [2.24, 2.45) is 5.73 Å². The Balaban J connectivity index is 2.57. The topological polar surface area (TPSA) is 90.8 Å². The van der Waals surface area contributed by atoms with Crippen molar-refractivity contribution in [1.29, 1.82) is 0 Å². The van der Waals surface area contributed by atoms with Gasteiger partial charge in [-0.2, -0.15) is 0 Å². The highest BCUT2D eigenvalue weighted by Crippen LogP contribution is 1.92. The van der Waals surface area contributed by atoms with E-state index in [9.17, 15) is 10.0 Å². The molecule has 0 aromatic carbocycles. The first-order chi connectivity index (χ1) is 4.61. The van der Waals surface area contributed by atoms with Crippen molar-refractivity contribution in [3.05, 3.63) is 5.21 Å². The zero-order valence-corrected chi connectivity index (χ0v) is 5.41. The van der Waals surface area contributed by atoms with E-state index in [1.165, 1.54) is 0 Å². The van der Waals surface area contributed by atoms with Gasteiger partial charge in [0.25, 0.3) is 0 Å². The first-order valence-corrected chi connectivity index (χ1v) is 3.09. The van der Waals surface area contributed by atoms with Crippen LogP contribution in [0.4, 0.5) is 0 Å². The molecule has 0 amide bonds. The van der Waals surface area contributed by atoms with Gasteiger partial charge in [0.1, 0.15) is 12.6 Å². The van der Waals surface area contributed by atoms with E-state index < -0.39 is 17.9 Å². The van der Waals surface area contributed by atoms with Crippen LogP contribution in [-0.2, 0) is 4.79 Å². The van der Waals surface area contributed by atoms with Gasteiger partial charge in [0.2, 0.25) is 5.78 Å². The van der Waals surface area contributed by atoms with E-state index in [1.807, 2.05) is 0 Å². The van der Waals surface area contributed by atoms with Gasteiger partial charge in [0, 0.05) is 0 Å². The van der Waals surface area contributed by atoms with E-state index in [2.05, 4.69) is 0 Å². The number of aliphatic hydroxyl groups is 1. The highest BCUT2D eigenvalue weighted by Gasteiger charge is 2.31. The Labute approximate surface area is 58.0 Å². The fourth-order valence-electron chi connectivity index (χ4n) is 0.984. The number of nitrogens with two attached hydrogens (primary N) is 1. The predicted molar refractivity (Wildman–Crippen MR) is 33.1 cm³/mol. The van der Waals surface area contributed by atoms with Gasteiger partial charge >= 0.3 is 0 Å². The molecule has 1 fully saturated rings. The lowest BCUT2D eigenvalue weighted by Gasteiger charge is -2.32. The van der Waals surface area contributed by atoms with E-state index in [0.29, 0.717) is 0 Å². The highest BCUT2D eigenvalue weighted by atomic mass is 16.5. The van der Waals surface area contributed by atoms with Gasteiger partial charge in [-0.25, -0.2) is 0 Å². The summed E-state index contributed by atoms with van der Waals surface area (Å²) in [6, 6.07) is -0.686. The van der Waals surface area contributed by atoms with Crippen molar-refractivity contribution in [2.45, 2.75) is 12.1 Å². The molecule has 0 aromatic heterocycles. The molecule has 1 heterocycles. The second-order valence-corrected chi connectivity index (χ2v) is 2.49. The number of aliphatic hydroxyl groups excluding tert-OH is 1. The van der Waals surface area contributed by atoms with Crippen LogP contribution < -0.4 is 10.8 Å². The molecule has 10 heavy (non-hydrogen) atoms. The van der Waals surface area contributed by atoms with Crippen LogP contribution in [0.5, 0.6) is 0 Å². The third-order valence-electron chi connectivity index (χ3n) is 1.57. The van der Waals surface area contributed by atoms with Crippen LogP contribution in [0, 0.1) is 5.21 Å². The third kappa shape index (κ3) is 1.32. The fourth-order valence-corrected chi connectivity index (χ4v) is 0.984. The van der Waals surface area contributed by atoms with Crippen molar-refractivity contribution < 1.29 is 15.0 Å². The Hall–Kier alpha value is -0.490. The van der Waals surface area contributed by atoms with Crippen molar-refractivity contribution in [2.75, 3.05) is 13.1 Å². The number of ketones is 1. The van der Waals surface area contributed by atoms with Gasteiger partial charge in [0.15, 0.2) is 0 Å². The number of quaternary nitrogens is 1. The monoisotopic (exact) mass is 146 g/mol. The average molecular weight is 146 g/mol. The molecule has 0 saturated carbocycles. The molecule has 4 N–H and O–H groups in total. The van der Waals surface area contributed by atoms with Crippen LogP contribution >= 0.6 is 0 Å². The van der Waals surface area contributed by atoms with Gasteiger partial charge in [-0.15, -0.1) is 0 Å². The maximum absolute atomic E-state index is 10.7. The minimum atomic E-state index is -1.13. The lowest BCUT2D eigenvalue weighted by molar-refractivity contribution is -0.844. The Kier molecular flexibility index (Phi) is 2.00. The van der Waals surface area contributed by atoms with Gasteiger partial charge < -0.3 is 21.1 Å². The summed E-state index contributed by atoms with van der Waals surface area (Å²) in [5.74, 6) is -0.455. The molecule has 3 atom stereocenters. The molecule has 0 aromatic rings. The quantitative estimate of drug-likeness (QED) is 0.311. The lowest BCUT2D eigenvalue weighted by atomic mass is 10.0. The molecule has 0 radical (unpaired) electrons. The molecule has 5 nitrogen and oxygen atoms in total. The zero-order chi connectivity index (χ0) is 7.72. The summed E-state index contributed by atoms with van der Waals surface area (Å²) in [4.78, 5) is 10.7. The molecule has 58 valence electrons. The van der Waals surface area contributed by atoms with Crippen molar-refractivity contribution in [3.8, 4) is 0 Å². The zero-order valence-electron chi connectivity index (χ0n) is 5.41. The van der Waals surface area contributed by atoms with Gasteiger partial charge in [-0.05, 0) is 0 Å². The minimum absolute atomic E-state index is 0.118. The predicted octanol–water partition coefficient (Wildman–Crippen LogP) is -3.36. The van der Waals surface area contributed by atoms with Crippen LogP contribution in [0.25, 0.3) is 0 Å². The first-order valence-electron chi connectivity index (χ1n) is 3.09. The molecular formula is C5H10N2O3. The van der Waals surface area contributed by atoms with E-state index >= 15 is 0 Å². The summed E-state index contributed by atoms with van der Waals surface area (Å²) in [5, 5.41) is 19.4. The highest BCUT2D eigenvalue weighted by molar-refractivity contribution is 5.85. The molecule has 1 aliphatic heterocycles. The number of carbonyl (C=O) groups excluding carboxylic acids is 1. The molecule has 1 unspecified atom stereocenters. The number of carbonyl (C=O) groups is 1. The Morgan fingerprint density at radius 2 is 2.40 bits per heavy atom. The average Bonchev–Trinajstić information content (AvgIpc) is 1.82. The molecule has 0 spiro atoms. The van der Waals surface area contributed by atoms with Gasteiger partial charge in [0.05, 0.1) is 12.6 Å². The molecule has 1 rings (SSSR count). The maximum Gasteiger partial charge on any atom is 0.217 e. The standard InChI is InChI=1S/C5H10N2O3/c6-3-1-7(10)2-4(8)5(3)9/h3,5,7,9H,1-2,6H2/t3-,5-/m0/s1. The number of rotatable bonds is 0.